The lowest BCUT2D eigenvalue weighted by molar-refractivity contribution is 0.0841. The molecule has 2 N–H and O–H groups in total. The van der Waals surface area contributed by atoms with Crippen LogP contribution < -0.4 is 5.32 Å². The first-order chi connectivity index (χ1) is 13.3. The molecule has 2 saturated carbocycles. The second-order valence-corrected chi connectivity index (χ2v) is 9.80. The molecular formula is C21H27N5O2. The van der Waals surface area contributed by atoms with Crippen molar-refractivity contribution in [1.82, 2.24) is 25.1 Å². The van der Waals surface area contributed by atoms with Crippen LogP contribution in [-0.4, -0.2) is 43.4 Å². The molecule has 7 heteroatoms. The van der Waals surface area contributed by atoms with Crippen molar-refractivity contribution in [3.8, 4) is 5.82 Å². The van der Waals surface area contributed by atoms with Gasteiger partial charge in [0, 0.05) is 23.4 Å². The first kappa shape index (κ1) is 17.8. The zero-order valence-electron chi connectivity index (χ0n) is 16.7. The van der Waals surface area contributed by atoms with Crippen molar-refractivity contribution in [2.24, 2.45) is 10.8 Å². The zero-order valence-corrected chi connectivity index (χ0v) is 16.7. The fraction of sp³-hybridized carbons (Fsp3) is 0.619. The molecule has 0 aliphatic heterocycles. The number of carbonyl (C=O) groups excluding carboxylic acids is 1. The SMILES string of the molecule is CC(C)(C)[C@@H](CO)NC(=O)c1nn(-c2cnccn2)c2c1CC13CCCC21C3. The van der Waals surface area contributed by atoms with E-state index in [2.05, 4.69) is 15.3 Å². The van der Waals surface area contributed by atoms with Crippen molar-refractivity contribution in [2.45, 2.75) is 64.3 Å². The summed E-state index contributed by atoms with van der Waals surface area (Å²) in [6.45, 7) is 5.92. The maximum atomic E-state index is 13.2. The van der Waals surface area contributed by atoms with Crippen LogP contribution in [0.2, 0.25) is 0 Å². The van der Waals surface area contributed by atoms with E-state index in [0.717, 1.165) is 18.4 Å². The first-order valence-electron chi connectivity index (χ1n) is 10.1. The van der Waals surface area contributed by atoms with Crippen LogP contribution in [0.25, 0.3) is 5.82 Å². The minimum atomic E-state index is -0.330. The molecule has 2 heterocycles. The third kappa shape index (κ3) is 2.25. The van der Waals surface area contributed by atoms with E-state index >= 15 is 0 Å². The highest BCUT2D eigenvalue weighted by Gasteiger charge is 2.75. The monoisotopic (exact) mass is 381 g/mol. The number of aliphatic hydroxyl groups is 1. The van der Waals surface area contributed by atoms with Gasteiger partial charge in [0.25, 0.3) is 5.91 Å². The quantitative estimate of drug-likeness (QED) is 0.847. The summed E-state index contributed by atoms with van der Waals surface area (Å²) in [5, 5.41) is 17.5. The van der Waals surface area contributed by atoms with Gasteiger partial charge in [-0.3, -0.25) is 9.78 Å². The first-order valence-corrected chi connectivity index (χ1v) is 10.1. The van der Waals surface area contributed by atoms with Gasteiger partial charge in [-0.15, -0.1) is 0 Å². The summed E-state index contributed by atoms with van der Waals surface area (Å²) >= 11 is 0. The molecule has 3 aliphatic rings. The molecule has 0 bridgehead atoms. The van der Waals surface area contributed by atoms with Crippen molar-refractivity contribution in [2.75, 3.05) is 6.61 Å². The second-order valence-electron chi connectivity index (χ2n) is 9.80. The number of aromatic nitrogens is 4. The molecule has 0 radical (unpaired) electrons. The number of rotatable bonds is 4. The molecule has 0 saturated heterocycles. The van der Waals surface area contributed by atoms with Crippen LogP contribution in [0.5, 0.6) is 0 Å². The minimum absolute atomic E-state index is 0.101. The Bertz CT molecular complexity index is 944. The van der Waals surface area contributed by atoms with Crippen LogP contribution in [0, 0.1) is 10.8 Å². The van der Waals surface area contributed by atoms with Crippen LogP contribution in [0.15, 0.2) is 18.6 Å². The average molecular weight is 381 g/mol. The normalized spacial score (nSPS) is 28.4. The summed E-state index contributed by atoms with van der Waals surface area (Å²) in [4.78, 5) is 21.8. The molecule has 3 atom stereocenters. The zero-order chi connectivity index (χ0) is 19.7. The van der Waals surface area contributed by atoms with Gasteiger partial charge in [0.2, 0.25) is 0 Å². The molecule has 5 rings (SSSR count). The number of aliphatic hydroxyl groups excluding tert-OH is 1. The molecule has 2 aromatic rings. The van der Waals surface area contributed by atoms with Gasteiger partial charge in [0.1, 0.15) is 0 Å². The minimum Gasteiger partial charge on any atom is -0.394 e. The Labute approximate surface area is 164 Å². The highest BCUT2D eigenvalue weighted by Crippen LogP contribution is 2.79. The molecule has 2 aromatic heterocycles. The van der Waals surface area contributed by atoms with Crippen molar-refractivity contribution >= 4 is 5.91 Å². The number of nitrogens with one attached hydrogen (secondary N) is 1. The average Bonchev–Trinajstić information content (AvgIpc) is 2.93. The van der Waals surface area contributed by atoms with Gasteiger partial charge >= 0.3 is 0 Å². The molecular weight excluding hydrogens is 354 g/mol. The van der Waals surface area contributed by atoms with E-state index in [0.29, 0.717) is 16.9 Å². The van der Waals surface area contributed by atoms with Crippen molar-refractivity contribution < 1.29 is 9.90 Å². The van der Waals surface area contributed by atoms with Gasteiger partial charge in [-0.25, -0.2) is 9.67 Å². The van der Waals surface area contributed by atoms with E-state index in [1.54, 1.807) is 18.6 Å². The van der Waals surface area contributed by atoms with Gasteiger partial charge in [-0.2, -0.15) is 5.10 Å². The summed E-state index contributed by atoms with van der Waals surface area (Å²) in [6.07, 6.45) is 10.7. The number of amides is 1. The Kier molecular flexibility index (Phi) is 3.58. The van der Waals surface area contributed by atoms with E-state index in [-0.39, 0.29) is 29.4 Å². The predicted molar refractivity (Wildman–Crippen MR) is 103 cm³/mol. The van der Waals surface area contributed by atoms with E-state index in [1.807, 2.05) is 25.5 Å². The summed E-state index contributed by atoms with van der Waals surface area (Å²) < 4.78 is 1.86. The van der Waals surface area contributed by atoms with Gasteiger partial charge in [0.15, 0.2) is 11.5 Å². The Morgan fingerprint density at radius 1 is 1.36 bits per heavy atom. The van der Waals surface area contributed by atoms with Gasteiger partial charge in [-0.1, -0.05) is 27.2 Å². The van der Waals surface area contributed by atoms with E-state index in [9.17, 15) is 9.90 Å². The Hall–Kier alpha value is -2.28. The Morgan fingerprint density at radius 2 is 2.18 bits per heavy atom. The smallest absolute Gasteiger partial charge is 0.272 e. The van der Waals surface area contributed by atoms with Crippen molar-refractivity contribution in [3.63, 3.8) is 0 Å². The number of nitrogens with zero attached hydrogens (tertiary/aromatic N) is 4. The Morgan fingerprint density at radius 3 is 2.86 bits per heavy atom. The molecule has 0 aromatic carbocycles. The van der Waals surface area contributed by atoms with Gasteiger partial charge in [-0.05, 0) is 36.5 Å². The third-order valence-electron chi connectivity index (χ3n) is 7.26. The lowest BCUT2D eigenvalue weighted by atomic mass is 9.87. The van der Waals surface area contributed by atoms with Crippen LogP contribution in [0.3, 0.4) is 0 Å². The molecule has 2 unspecified atom stereocenters. The number of hydrogen-bond acceptors (Lipinski definition) is 5. The van der Waals surface area contributed by atoms with Gasteiger partial charge < -0.3 is 10.4 Å². The fourth-order valence-corrected chi connectivity index (χ4v) is 5.68. The van der Waals surface area contributed by atoms with Crippen LogP contribution in [-0.2, 0) is 11.8 Å². The lowest BCUT2D eigenvalue weighted by Crippen LogP contribution is -2.46. The van der Waals surface area contributed by atoms with Crippen LogP contribution in [0.4, 0.5) is 0 Å². The molecule has 28 heavy (non-hydrogen) atoms. The summed E-state index contributed by atoms with van der Waals surface area (Å²) in [5.41, 5.74) is 2.96. The second kappa shape index (κ2) is 5.63. The number of hydrogen-bond donors (Lipinski definition) is 2. The van der Waals surface area contributed by atoms with Crippen molar-refractivity contribution in [1.29, 1.82) is 0 Å². The predicted octanol–water partition coefficient (Wildman–Crippen LogP) is 2.17. The highest BCUT2D eigenvalue weighted by atomic mass is 16.3. The summed E-state index contributed by atoms with van der Waals surface area (Å²) in [6, 6.07) is -0.330. The topological polar surface area (TPSA) is 92.9 Å². The van der Waals surface area contributed by atoms with E-state index in [4.69, 9.17) is 5.10 Å². The molecule has 0 spiro atoms. The van der Waals surface area contributed by atoms with E-state index < -0.39 is 0 Å². The van der Waals surface area contributed by atoms with E-state index in [1.165, 1.54) is 25.0 Å². The van der Waals surface area contributed by atoms with Crippen LogP contribution in [0.1, 0.15) is 68.2 Å². The fourth-order valence-electron chi connectivity index (χ4n) is 5.68. The maximum Gasteiger partial charge on any atom is 0.272 e. The number of fused-ring (bicyclic) bond motifs is 1. The molecule has 148 valence electrons. The summed E-state index contributed by atoms with van der Waals surface area (Å²) in [5.74, 6) is 0.455. The number of carbonyl (C=O) groups is 1. The standard InChI is InChI=1S/C21H27N5O2/c1-19(2,3)14(11-27)24-18(28)16-13-9-20-5-4-6-21(20,12-20)17(13)26(25-16)15-10-22-7-8-23-15/h7-8,10,14,27H,4-6,9,11-12H2,1-3H3,(H,24,28)/t14-,20?,21?/m1/s1. The van der Waals surface area contributed by atoms with Crippen LogP contribution >= 0.6 is 0 Å². The maximum absolute atomic E-state index is 13.2. The lowest BCUT2D eigenvalue weighted by Gasteiger charge is -2.29. The summed E-state index contributed by atoms with van der Waals surface area (Å²) in [7, 11) is 0. The Balaban J connectivity index is 1.58. The molecule has 1 amide bonds. The molecule has 2 fully saturated rings. The third-order valence-corrected chi connectivity index (χ3v) is 7.26. The van der Waals surface area contributed by atoms with Gasteiger partial charge in [0.05, 0.1) is 24.5 Å². The largest absolute Gasteiger partial charge is 0.394 e. The molecule has 7 nitrogen and oxygen atoms in total. The highest BCUT2D eigenvalue weighted by molar-refractivity contribution is 5.95. The molecule has 3 aliphatic carbocycles. The van der Waals surface area contributed by atoms with Crippen molar-refractivity contribution in [3.05, 3.63) is 35.5 Å².